The molecule has 1 nitrogen and oxygen atoms in total. The van der Waals surface area contributed by atoms with E-state index >= 15 is 0 Å². The molecule has 1 saturated carbocycles. The van der Waals surface area contributed by atoms with Crippen molar-refractivity contribution in [3.63, 3.8) is 0 Å². The highest BCUT2D eigenvalue weighted by atomic mass is 19.4. The first-order valence-corrected chi connectivity index (χ1v) is 7.17. The fraction of sp³-hybridized carbons (Fsp3) is 1.00. The molecule has 0 bridgehead atoms. The predicted octanol–water partition coefficient (Wildman–Crippen LogP) is 4.69. The first-order valence-electron chi connectivity index (χ1n) is 7.17. The first-order chi connectivity index (χ1) is 8.42. The number of rotatable bonds is 6. The molecule has 0 spiro atoms. The summed E-state index contributed by atoms with van der Waals surface area (Å²) in [6, 6.07) is 0. The molecule has 1 aliphatic rings. The summed E-state index contributed by atoms with van der Waals surface area (Å²) < 4.78 is 36.2. The van der Waals surface area contributed by atoms with Crippen LogP contribution in [0.2, 0.25) is 0 Å². The van der Waals surface area contributed by atoms with Crippen molar-refractivity contribution in [3.8, 4) is 0 Å². The van der Waals surface area contributed by atoms with Gasteiger partial charge >= 0.3 is 6.18 Å². The van der Waals surface area contributed by atoms with Gasteiger partial charge < -0.3 is 5.11 Å². The molecule has 0 heterocycles. The van der Waals surface area contributed by atoms with Gasteiger partial charge in [-0.3, -0.25) is 0 Å². The van der Waals surface area contributed by atoms with Crippen LogP contribution in [0.1, 0.15) is 64.7 Å². The molecule has 0 aromatic carbocycles. The van der Waals surface area contributed by atoms with E-state index in [2.05, 4.69) is 6.92 Å². The molecule has 0 saturated heterocycles. The molecule has 1 rings (SSSR count). The van der Waals surface area contributed by atoms with Crippen molar-refractivity contribution >= 4 is 0 Å². The number of hydrogen-bond donors (Lipinski definition) is 1. The van der Waals surface area contributed by atoms with Gasteiger partial charge in [0.05, 0.1) is 6.10 Å². The van der Waals surface area contributed by atoms with Crippen LogP contribution in [0, 0.1) is 11.8 Å². The van der Waals surface area contributed by atoms with E-state index in [0.29, 0.717) is 0 Å². The Labute approximate surface area is 108 Å². The molecular formula is C14H25F3O. The molecule has 0 aromatic rings. The summed E-state index contributed by atoms with van der Waals surface area (Å²) in [5, 5.41) is 9.80. The Bertz CT molecular complexity index is 220. The highest BCUT2D eigenvalue weighted by Gasteiger charge is 2.31. The van der Waals surface area contributed by atoms with Crippen LogP contribution < -0.4 is 0 Å². The van der Waals surface area contributed by atoms with E-state index in [9.17, 15) is 18.3 Å². The van der Waals surface area contributed by atoms with Gasteiger partial charge in [-0.2, -0.15) is 13.2 Å². The van der Waals surface area contributed by atoms with Gasteiger partial charge in [0, 0.05) is 6.42 Å². The normalized spacial score (nSPS) is 27.2. The Morgan fingerprint density at radius 1 is 1.17 bits per heavy atom. The number of aliphatic hydroxyl groups excluding tert-OH is 1. The lowest BCUT2D eigenvalue weighted by Crippen LogP contribution is -2.27. The number of hydrogen-bond acceptors (Lipinski definition) is 1. The van der Waals surface area contributed by atoms with Crippen LogP contribution in [0.5, 0.6) is 0 Å². The van der Waals surface area contributed by atoms with Gasteiger partial charge in [0.15, 0.2) is 0 Å². The molecule has 1 N–H and O–H groups in total. The summed E-state index contributed by atoms with van der Waals surface area (Å²) >= 11 is 0. The third kappa shape index (κ3) is 6.07. The highest BCUT2D eigenvalue weighted by molar-refractivity contribution is 4.78. The molecule has 1 unspecified atom stereocenters. The Kier molecular flexibility index (Phi) is 6.47. The van der Waals surface area contributed by atoms with Crippen LogP contribution in [0.4, 0.5) is 13.2 Å². The predicted molar refractivity (Wildman–Crippen MR) is 66.3 cm³/mol. The minimum atomic E-state index is -4.14. The van der Waals surface area contributed by atoms with E-state index in [-0.39, 0.29) is 12.3 Å². The fourth-order valence-electron chi connectivity index (χ4n) is 2.90. The van der Waals surface area contributed by atoms with Gasteiger partial charge in [-0.05, 0) is 31.1 Å². The van der Waals surface area contributed by atoms with Crippen LogP contribution in [-0.2, 0) is 0 Å². The standard InChI is InChI=1S/C14H25F3O/c1-2-3-4-11-5-7-12(8-6-11)13(18)9-10-14(15,16)17/h11-13,18H,2-10H2,1H3. The lowest BCUT2D eigenvalue weighted by atomic mass is 9.77. The SMILES string of the molecule is CCCCC1CCC(C(O)CCC(F)(F)F)CC1. The largest absolute Gasteiger partial charge is 0.393 e. The maximum atomic E-state index is 12.1. The van der Waals surface area contributed by atoms with Gasteiger partial charge in [-0.25, -0.2) is 0 Å². The molecule has 4 heteroatoms. The summed E-state index contributed by atoms with van der Waals surface area (Å²) in [6.45, 7) is 2.17. The molecule has 1 aliphatic carbocycles. The van der Waals surface area contributed by atoms with Gasteiger partial charge in [0.25, 0.3) is 0 Å². The zero-order chi connectivity index (χ0) is 13.6. The van der Waals surface area contributed by atoms with E-state index in [1.54, 1.807) is 0 Å². The zero-order valence-corrected chi connectivity index (χ0v) is 11.2. The average molecular weight is 266 g/mol. The topological polar surface area (TPSA) is 20.2 Å². The van der Waals surface area contributed by atoms with Crippen LogP contribution >= 0.6 is 0 Å². The monoisotopic (exact) mass is 266 g/mol. The molecule has 0 aliphatic heterocycles. The number of unbranched alkanes of at least 4 members (excludes halogenated alkanes) is 1. The van der Waals surface area contributed by atoms with Crippen molar-refractivity contribution < 1.29 is 18.3 Å². The van der Waals surface area contributed by atoms with Crippen LogP contribution in [0.3, 0.4) is 0 Å². The van der Waals surface area contributed by atoms with Gasteiger partial charge in [0.1, 0.15) is 0 Å². The van der Waals surface area contributed by atoms with Crippen molar-refractivity contribution in [3.05, 3.63) is 0 Å². The number of halogens is 3. The smallest absolute Gasteiger partial charge is 0.389 e. The molecule has 0 amide bonds. The Hall–Kier alpha value is -0.250. The third-order valence-corrected chi connectivity index (χ3v) is 4.13. The lowest BCUT2D eigenvalue weighted by Gasteiger charge is -2.31. The Balaban J connectivity index is 2.21. The van der Waals surface area contributed by atoms with E-state index in [4.69, 9.17) is 0 Å². The fourth-order valence-corrected chi connectivity index (χ4v) is 2.90. The minimum Gasteiger partial charge on any atom is -0.393 e. The molecule has 18 heavy (non-hydrogen) atoms. The molecule has 1 fully saturated rings. The van der Waals surface area contributed by atoms with Crippen LogP contribution in [-0.4, -0.2) is 17.4 Å². The van der Waals surface area contributed by atoms with Crippen molar-refractivity contribution in [1.82, 2.24) is 0 Å². The Morgan fingerprint density at radius 3 is 2.28 bits per heavy atom. The number of alkyl halides is 3. The van der Waals surface area contributed by atoms with E-state index in [1.165, 1.54) is 19.3 Å². The quantitative estimate of drug-likeness (QED) is 0.739. The van der Waals surface area contributed by atoms with Crippen molar-refractivity contribution in [2.24, 2.45) is 11.8 Å². The third-order valence-electron chi connectivity index (χ3n) is 4.13. The van der Waals surface area contributed by atoms with E-state index in [0.717, 1.165) is 31.6 Å². The zero-order valence-electron chi connectivity index (χ0n) is 11.2. The Morgan fingerprint density at radius 2 is 1.78 bits per heavy atom. The summed E-state index contributed by atoms with van der Waals surface area (Å²) in [4.78, 5) is 0. The second-order valence-corrected chi connectivity index (χ2v) is 5.64. The maximum absolute atomic E-state index is 12.1. The van der Waals surface area contributed by atoms with Gasteiger partial charge in [0.2, 0.25) is 0 Å². The molecule has 108 valence electrons. The summed E-state index contributed by atoms with van der Waals surface area (Å²) in [5.74, 6) is 0.821. The molecule has 0 aromatic heterocycles. The van der Waals surface area contributed by atoms with Gasteiger partial charge in [-0.1, -0.05) is 39.0 Å². The van der Waals surface area contributed by atoms with Gasteiger partial charge in [-0.15, -0.1) is 0 Å². The second kappa shape index (κ2) is 7.37. The van der Waals surface area contributed by atoms with Crippen molar-refractivity contribution in [2.45, 2.75) is 77.0 Å². The molecule has 1 atom stereocenters. The van der Waals surface area contributed by atoms with Crippen molar-refractivity contribution in [2.75, 3.05) is 0 Å². The summed E-state index contributed by atoms with van der Waals surface area (Å²) in [6.07, 6.45) is 1.74. The minimum absolute atomic E-state index is 0.0882. The second-order valence-electron chi connectivity index (χ2n) is 5.64. The maximum Gasteiger partial charge on any atom is 0.389 e. The van der Waals surface area contributed by atoms with E-state index in [1.807, 2.05) is 0 Å². The van der Waals surface area contributed by atoms with E-state index < -0.39 is 18.7 Å². The summed E-state index contributed by atoms with van der Waals surface area (Å²) in [5.41, 5.74) is 0. The lowest BCUT2D eigenvalue weighted by molar-refractivity contribution is -0.142. The first kappa shape index (κ1) is 15.8. The number of aliphatic hydroxyl groups is 1. The summed E-state index contributed by atoms with van der Waals surface area (Å²) in [7, 11) is 0. The highest BCUT2D eigenvalue weighted by Crippen LogP contribution is 2.35. The molecule has 0 radical (unpaired) electrons. The van der Waals surface area contributed by atoms with Crippen LogP contribution in [0.15, 0.2) is 0 Å². The van der Waals surface area contributed by atoms with Crippen LogP contribution in [0.25, 0.3) is 0 Å². The average Bonchev–Trinajstić information content (AvgIpc) is 2.33. The molecular weight excluding hydrogens is 241 g/mol. The van der Waals surface area contributed by atoms with Crippen molar-refractivity contribution in [1.29, 1.82) is 0 Å².